The SMILES string of the molecule is CN=C(NCCn1cncn1)N1CCN(C(=O)C2CCCO2)CC1. The third-order valence-corrected chi connectivity index (χ3v) is 4.40. The molecule has 1 unspecified atom stereocenters. The van der Waals surface area contributed by atoms with E-state index in [1.54, 1.807) is 18.1 Å². The molecular formula is C15H25N7O2. The molecule has 1 atom stereocenters. The number of hydrogen-bond donors (Lipinski definition) is 1. The second-order valence-corrected chi connectivity index (χ2v) is 5.95. The molecule has 2 saturated heterocycles. The van der Waals surface area contributed by atoms with Crippen molar-refractivity contribution in [3.8, 4) is 0 Å². The Morgan fingerprint density at radius 1 is 1.33 bits per heavy atom. The van der Waals surface area contributed by atoms with Gasteiger partial charge in [0.15, 0.2) is 5.96 Å². The molecule has 2 aliphatic heterocycles. The van der Waals surface area contributed by atoms with Gasteiger partial charge in [0, 0.05) is 46.4 Å². The van der Waals surface area contributed by atoms with E-state index in [0.717, 1.165) is 45.0 Å². The van der Waals surface area contributed by atoms with Crippen molar-refractivity contribution in [3.63, 3.8) is 0 Å². The molecule has 0 aromatic carbocycles. The average Bonchev–Trinajstić information content (AvgIpc) is 3.32. The minimum atomic E-state index is -0.225. The van der Waals surface area contributed by atoms with Crippen molar-refractivity contribution in [3.05, 3.63) is 12.7 Å². The summed E-state index contributed by atoms with van der Waals surface area (Å²) in [5.74, 6) is 1.00. The van der Waals surface area contributed by atoms with Crippen LogP contribution in [0.15, 0.2) is 17.6 Å². The van der Waals surface area contributed by atoms with Crippen molar-refractivity contribution in [2.24, 2.45) is 4.99 Å². The quantitative estimate of drug-likeness (QED) is 0.571. The number of amides is 1. The van der Waals surface area contributed by atoms with Gasteiger partial charge in [-0.3, -0.25) is 14.5 Å². The Bertz CT molecular complexity index is 546. The van der Waals surface area contributed by atoms with Gasteiger partial charge in [-0.1, -0.05) is 0 Å². The third kappa shape index (κ3) is 4.02. The fourth-order valence-corrected chi connectivity index (χ4v) is 3.08. The smallest absolute Gasteiger partial charge is 0.251 e. The summed E-state index contributed by atoms with van der Waals surface area (Å²) in [6, 6.07) is 0. The molecule has 0 aliphatic carbocycles. The van der Waals surface area contributed by atoms with Gasteiger partial charge in [-0.2, -0.15) is 5.10 Å². The molecule has 0 radical (unpaired) electrons. The summed E-state index contributed by atoms with van der Waals surface area (Å²) in [6.07, 6.45) is 4.83. The molecule has 3 rings (SSSR count). The lowest BCUT2D eigenvalue weighted by atomic mass is 10.2. The first-order valence-electron chi connectivity index (χ1n) is 8.46. The highest BCUT2D eigenvalue weighted by Gasteiger charge is 2.30. The van der Waals surface area contributed by atoms with E-state index < -0.39 is 0 Å². The van der Waals surface area contributed by atoms with Gasteiger partial charge < -0.3 is 19.9 Å². The van der Waals surface area contributed by atoms with E-state index in [0.29, 0.717) is 19.7 Å². The number of aliphatic imine (C=N–C) groups is 1. The molecule has 1 aromatic rings. The number of carbonyl (C=O) groups is 1. The van der Waals surface area contributed by atoms with Crippen LogP contribution < -0.4 is 5.32 Å². The van der Waals surface area contributed by atoms with Crippen LogP contribution in [0, 0.1) is 0 Å². The molecule has 2 fully saturated rings. The van der Waals surface area contributed by atoms with Gasteiger partial charge in [-0.05, 0) is 12.8 Å². The Balaban J connectivity index is 1.43. The topological polar surface area (TPSA) is 87.9 Å². The Morgan fingerprint density at radius 2 is 2.12 bits per heavy atom. The standard InChI is InChI=1S/C15H25N7O2/c1-16-15(18-4-5-22-12-17-11-19-22)21-8-6-20(7-9-21)14(23)13-3-2-10-24-13/h11-13H,2-10H2,1H3,(H,16,18). The zero-order valence-corrected chi connectivity index (χ0v) is 14.1. The summed E-state index contributed by atoms with van der Waals surface area (Å²) in [7, 11) is 1.78. The van der Waals surface area contributed by atoms with E-state index in [1.807, 2.05) is 4.90 Å². The molecule has 3 heterocycles. The lowest BCUT2D eigenvalue weighted by Gasteiger charge is -2.37. The lowest BCUT2D eigenvalue weighted by Crippen LogP contribution is -2.55. The fourth-order valence-electron chi connectivity index (χ4n) is 3.08. The maximum absolute atomic E-state index is 12.4. The van der Waals surface area contributed by atoms with Gasteiger partial charge in [0.25, 0.3) is 5.91 Å². The second-order valence-electron chi connectivity index (χ2n) is 5.95. The van der Waals surface area contributed by atoms with Crippen LogP contribution in [0.2, 0.25) is 0 Å². The van der Waals surface area contributed by atoms with E-state index in [-0.39, 0.29) is 12.0 Å². The molecule has 9 nitrogen and oxygen atoms in total. The van der Waals surface area contributed by atoms with E-state index in [1.165, 1.54) is 6.33 Å². The highest BCUT2D eigenvalue weighted by molar-refractivity contribution is 5.82. The van der Waals surface area contributed by atoms with Crippen LogP contribution in [0.4, 0.5) is 0 Å². The monoisotopic (exact) mass is 335 g/mol. The van der Waals surface area contributed by atoms with Crippen LogP contribution in [-0.2, 0) is 16.1 Å². The number of piperazine rings is 1. The van der Waals surface area contributed by atoms with E-state index in [9.17, 15) is 4.79 Å². The van der Waals surface area contributed by atoms with Crippen molar-refractivity contribution in [1.82, 2.24) is 29.9 Å². The molecule has 0 saturated carbocycles. The zero-order valence-electron chi connectivity index (χ0n) is 14.1. The van der Waals surface area contributed by atoms with Crippen LogP contribution in [0.1, 0.15) is 12.8 Å². The highest BCUT2D eigenvalue weighted by atomic mass is 16.5. The third-order valence-electron chi connectivity index (χ3n) is 4.40. The predicted octanol–water partition coefficient (Wildman–Crippen LogP) is -0.823. The Labute approximate surface area is 141 Å². The molecule has 24 heavy (non-hydrogen) atoms. The number of hydrogen-bond acceptors (Lipinski definition) is 5. The number of rotatable bonds is 4. The van der Waals surface area contributed by atoms with Crippen LogP contribution in [0.25, 0.3) is 0 Å². The molecule has 1 aromatic heterocycles. The lowest BCUT2D eigenvalue weighted by molar-refractivity contribution is -0.142. The van der Waals surface area contributed by atoms with Crippen molar-refractivity contribution < 1.29 is 9.53 Å². The molecule has 132 valence electrons. The first-order chi connectivity index (χ1) is 11.8. The minimum Gasteiger partial charge on any atom is -0.368 e. The first-order valence-corrected chi connectivity index (χ1v) is 8.46. The molecule has 9 heteroatoms. The van der Waals surface area contributed by atoms with Gasteiger partial charge in [0.05, 0.1) is 6.54 Å². The van der Waals surface area contributed by atoms with Gasteiger partial charge in [0.1, 0.15) is 18.8 Å². The number of nitrogens with one attached hydrogen (secondary N) is 1. The zero-order chi connectivity index (χ0) is 16.8. The number of ether oxygens (including phenoxy) is 1. The van der Waals surface area contributed by atoms with Crippen molar-refractivity contribution in [2.45, 2.75) is 25.5 Å². The summed E-state index contributed by atoms with van der Waals surface area (Å²) in [6.45, 7) is 5.15. The number of nitrogens with zero attached hydrogens (tertiary/aromatic N) is 6. The second kappa shape index (κ2) is 8.09. The highest BCUT2D eigenvalue weighted by Crippen LogP contribution is 2.16. The molecule has 0 spiro atoms. The van der Waals surface area contributed by atoms with Crippen LogP contribution in [0.5, 0.6) is 0 Å². The Morgan fingerprint density at radius 3 is 2.75 bits per heavy atom. The van der Waals surface area contributed by atoms with Crippen LogP contribution in [-0.4, -0.2) is 88.9 Å². The normalized spacial score (nSPS) is 22.0. The number of carbonyl (C=O) groups excluding carboxylic acids is 1. The maximum Gasteiger partial charge on any atom is 0.251 e. The number of guanidine groups is 1. The maximum atomic E-state index is 12.4. The molecule has 0 bridgehead atoms. The average molecular weight is 335 g/mol. The van der Waals surface area contributed by atoms with Gasteiger partial charge in [-0.25, -0.2) is 4.98 Å². The van der Waals surface area contributed by atoms with E-state index in [4.69, 9.17) is 4.74 Å². The van der Waals surface area contributed by atoms with Crippen LogP contribution in [0.3, 0.4) is 0 Å². The summed E-state index contributed by atoms with van der Waals surface area (Å²) >= 11 is 0. The largest absolute Gasteiger partial charge is 0.368 e. The van der Waals surface area contributed by atoms with Crippen LogP contribution >= 0.6 is 0 Å². The first kappa shape index (κ1) is 16.7. The molecular weight excluding hydrogens is 310 g/mol. The number of aromatic nitrogens is 3. The molecule has 1 N–H and O–H groups in total. The van der Waals surface area contributed by atoms with E-state index >= 15 is 0 Å². The van der Waals surface area contributed by atoms with Crippen molar-refractivity contribution in [2.75, 3.05) is 46.4 Å². The van der Waals surface area contributed by atoms with Gasteiger partial charge >= 0.3 is 0 Å². The summed E-state index contributed by atoms with van der Waals surface area (Å²) < 4.78 is 7.27. The van der Waals surface area contributed by atoms with Gasteiger partial charge in [0.2, 0.25) is 0 Å². The fraction of sp³-hybridized carbons (Fsp3) is 0.733. The summed E-state index contributed by atoms with van der Waals surface area (Å²) in [5, 5.41) is 7.41. The Kier molecular flexibility index (Phi) is 5.63. The van der Waals surface area contributed by atoms with Gasteiger partial charge in [-0.15, -0.1) is 0 Å². The molecule has 2 aliphatic rings. The summed E-state index contributed by atoms with van der Waals surface area (Å²) in [5.41, 5.74) is 0. The Hall–Kier alpha value is -2.16. The molecule has 1 amide bonds. The predicted molar refractivity (Wildman–Crippen MR) is 88.5 cm³/mol. The van der Waals surface area contributed by atoms with E-state index in [2.05, 4.69) is 25.3 Å². The minimum absolute atomic E-state index is 0.140. The summed E-state index contributed by atoms with van der Waals surface area (Å²) in [4.78, 5) is 24.7. The van der Waals surface area contributed by atoms with Crippen molar-refractivity contribution in [1.29, 1.82) is 0 Å². The van der Waals surface area contributed by atoms with Crippen molar-refractivity contribution >= 4 is 11.9 Å².